The number of pyridine rings is 1. The Hall–Kier alpha value is -4.60. The Morgan fingerprint density at radius 2 is 1.71 bits per heavy atom. The Labute approximate surface area is 218 Å². The molecule has 4 aromatic rings. The van der Waals surface area contributed by atoms with E-state index in [-0.39, 0.29) is 17.9 Å². The number of amides is 1. The lowest BCUT2D eigenvalue weighted by atomic mass is 10.1. The van der Waals surface area contributed by atoms with Gasteiger partial charge in [-0.2, -0.15) is 5.10 Å². The molecule has 0 unspecified atom stereocenters. The SMILES string of the molecule is CCOC(=O)c1cc(-c2ccc(N3CCN(C(=O)c4cc(F)ccc4F)CC3)cc2)n(-c2ccccn2)n1. The quantitative estimate of drug-likeness (QED) is 0.354. The maximum Gasteiger partial charge on any atom is 0.358 e. The van der Waals surface area contributed by atoms with Crippen LogP contribution in [0.5, 0.6) is 0 Å². The summed E-state index contributed by atoms with van der Waals surface area (Å²) in [7, 11) is 0. The van der Waals surface area contributed by atoms with Crippen LogP contribution in [0.25, 0.3) is 17.1 Å². The van der Waals surface area contributed by atoms with Crippen molar-refractivity contribution in [1.82, 2.24) is 19.7 Å². The van der Waals surface area contributed by atoms with Gasteiger partial charge in [0.2, 0.25) is 0 Å². The van der Waals surface area contributed by atoms with Gasteiger partial charge in [-0.05, 0) is 55.5 Å². The molecule has 0 N–H and O–H groups in total. The summed E-state index contributed by atoms with van der Waals surface area (Å²) < 4.78 is 34.3. The van der Waals surface area contributed by atoms with Gasteiger partial charge in [-0.1, -0.05) is 18.2 Å². The minimum absolute atomic E-state index is 0.187. The number of carbonyl (C=O) groups excluding carboxylic acids is 2. The van der Waals surface area contributed by atoms with E-state index in [4.69, 9.17) is 4.74 Å². The van der Waals surface area contributed by atoms with Crippen molar-refractivity contribution in [2.24, 2.45) is 0 Å². The molecule has 0 aliphatic carbocycles. The van der Waals surface area contributed by atoms with Gasteiger partial charge in [0.1, 0.15) is 11.6 Å². The summed E-state index contributed by atoms with van der Waals surface area (Å²) in [5.41, 5.74) is 2.40. The van der Waals surface area contributed by atoms with Crippen LogP contribution in [-0.4, -0.2) is 64.3 Å². The molecule has 1 saturated heterocycles. The number of benzene rings is 2. The topological polar surface area (TPSA) is 80.6 Å². The number of piperazine rings is 1. The van der Waals surface area contributed by atoms with Crippen LogP contribution in [0.15, 0.2) is 72.9 Å². The number of hydrogen-bond acceptors (Lipinski definition) is 6. The van der Waals surface area contributed by atoms with Crippen molar-refractivity contribution in [3.63, 3.8) is 0 Å². The van der Waals surface area contributed by atoms with E-state index in [0.717, 1.165) is 29.4 Å². The van der Waals surface area contributed by atoms with E-state index in [0.29, 0.717) is 37.7 Å². The number of halogens is 2. The summed E-state index contributed by atoms with van der Waals surface area (Å²) in [5, 5.41) is 4.43. The fourth-order valence-corrected chi connectivity index (χ4v) is 4.39. The Balaban J connectivity index is 1.32. The highest BCUT2D eigenvalue weighted by atomic mass is 19.1. The fraction of sp³-hybridized carbons (Fsp3) is 0.214. The number of ether oxygens (including phenoxy) is 1. The largest absolute Gasteiger partial charge is 0.461 e. The van der Waals surface area contributed by atoms with Crippen molar-refractivity contribution in [2.45, 2.75) is 6.92 Å². The number of esters is 1. The van der Waals surface area contributed by atoms with Gasteiger partial charge in [0, 0.05) is 43.6 Å². The minimum Gasteiger partial charge on any atom is -0.461 e. The van der Waals surface area contributed by atoms with E-state index < -0.39 is 23.5 Å². The second-order valence-corrected chi connectivity index (χ2v) is 8.69. The molecule has 10 heteroatoms. The third-order valence-corrected chi connectivity index (χ3v) is 6.31. The molecule has 0 bridgehead atoms. The molecule has 0 saturated carbocycles. The zero-order chi connectivity index (χ0) is 26.6. The van der Waals surface area contributed by atoms with Crippen LogP contribution in [0.2, 0.25) is 0 Å². The van der Waals surface area contributed by atoms with Crippen LogP contribution in [0.4, 0.5) is 14.5 Å². The Morgan fingerprint density at radius 3 is 2.39 bits per heavy atom. The van der Waals surface area contributed by atoms with E-state index in [1.807, 2.05) is 30.3 Å². The molecular formula is C28H25F2N5O3. The molecule has 0 radical (unpaired) electrons. The Bertz CT molecular complexity index is 1450. The van der Waals surface area contributed by atoms with Crippen LogP contribution >= 0.6 is 0 Å². The Kier molecular flexibility index (Phi) is 7.12. The van der Waals surface area contributed by atoms with Gasteiger partial charge >= 0.3 is 5.97 Å². The normalized spacial score (nSPS) is 13.4. The first-order valence-electron chi connectivity index (χ1n) is 12.2. The van der Waals surface area contributed by atoms with Crippen molar-refractivity contribution in [2.75, 3.05) is 37.7 Å². The van der Waals surface area contributed by atoms with Gasteiger partial charge in [0.25, 0.3) is 5.91 Å². The lowest BCUT2D eigenvalue weighted by molar-refractivity contribution is 0.0518. The molecule has 1 aliphatic heterocycles. The van der Waals surface area contributed by atoms with Gasteiger partial charge in [-0.15, -0.1) is 0 Å². The lowest BCUT2D eigenvalue weighted by Gasteiger charge is -2.36. The molecule has 0 atom stereocenters. The second kappa shape index (κ2) is 10.8. The molecule has 3 heterocycles. The summed E-state index contributed by atoms with van der Waals surface area (Å²) >= 11 is 0. The predicted octanol–water partition coefficient (Wildman–Crippen LogP) is 4.35. The molecular weight excluding hydrogens is 492 g/mol. The van der Waals surface area contributed by atoms with Crippen molar-refractivity contribution in [3.8, 4) is 17.1 Å². The van der Waals surface area contributed by atoms with Crippen LogP contribution in [-0.2, 0) is 4.74 Å². The van der Waals surface area contributed by atoms with E-state index in [1.165, 1.54) is 4.90 Å². The molecule has 194 valence electrons. The average Bonchev–Trinajstić information content (AvgIpc) is 3.41. The fourth-order valence-electron chi connectivity index (χ4n) is 4.39. The van der Waals surface area contributed by atoms with Crippen molar-refractivity contribution in [1.29, 1.82) is 0 Å². The third-order valence-electron chi connectivity index (χ3n) is 6.31. The molecule has 2 aromatic heterocycles. The number of anilines is 1. The van der Waals surface area contributed by atoms with Crippen LogP contribution in [0.1, 0.15) is 27.8 Å². The second-order valence-electron chi connectivity index (χ2n) is 8.69. The van der Waals surface area contributed by atoms with Crippen LogP contribution < -0.4 is 4.90 Å². The predicted molar refractivity (Wildman–Crippen MR) is 137 cm³/mol. The molecule has 0 spiro atoms. The zero-order valence-corrected chi connectivity index (χ0v) is 20.7. The molecule has 5 rings (SSSR count). The van der Waals surface area contributed by atoms with E-state index in [2.05, 4.69) is 15.0 Å². The summed E-state index contributed by atoms with van der Waals surface area (Å²) in [6.07, 6.45) is 1.65. The van der Waals surface area contributed by atoms with Gasteiger partial charge in [0.05, 0.1) is 17.9 Å². The first-order chi connectivity index (χ1) is 18.4. The standard InChI is InChI=1S/C28H25F2N5O3/c1-2-38-28(37)24-18-25(35(32-24)26-5-3-4-12-31-26)19-6-9-21(10-7-19)33-13-15-34(16-14-33)27(36)22-17-20(29)8-11-23(22)30/h3-12,17-18H,2,13-16H2,1H3. The van der Waals surface area contributed by atoms with E-state index in [1.54, 1.807) is 36.0 Å². The molecule has 8 nitrogen and oxygen atoms in total. The van der Waals surface area contributed by atoms with Crippen molar-refractivity contribution in [3.05, 3.63) is 95.8 Å². The lowest BCUT2D eigenvalue weighted by Crippen LogP contribution is -2.49. The minimum atomic E-state index is -0.731. The average molecular weight is 518 g/mol. The van der Waals surface area contributed by atoms with Gasteiger partial charge in [0.15, 0.2) is 11.5 Å². The maximum atomic E-state index is 14.1. The summed E-state index contributed by atoms with van der Waals surface area (Å²) in [4.78, 5) is 33.1. The van der Waals surface area contributed by atoms with Gasteiger partial charge in [-0.3, -0.25) is 4.79 Å². The van der Waals surface area contributed by atoms with E-state index >= 15 is 0 Å². The number of nitrogens with zero attached hydrogens (tertiary/aromatic N) is 5. The van der Waals surface area contributed by atoms with Crippen molar-refractivity contribution >= 4 is 17.6 Å². The van der Waals surface area contributed by atoms with Crippen LogP contribution in [0.3, 0.4) is 0 Å². The number of rotatable bonds is 6. The monoisotopic (exact) mass is 517 g/mol. The molecule has 1 amide bonds. The number of hydrogen-bond donors (Lipinski definition) is 0. The smallest absolute Gasteiger partial charge is 0.358 e. The first-order valence-corrected chi connectivity index (χ1v) is 12.2. The zero-order valence-electron chi connectivity index (χ0n) is 20.7. The van der Waals surface area contributed by atoms with Crippen molar-refractivity contribution < 1.29 is 23.1 Å². The van der Waals surface area contributed by atoms with Crippen LogP contribution in [0, 0.1) is 11.6 Å². The summed E-state index contributed by atoms with van der Waals surface area (Å²) in [6, 6.07) is 17.8. The molecule has 1 fully saturated rings. The number of aromatic nitrogens is 3. The molecule has 2 aromatic carbocycles. The van der Waals surface area contributed by atoms with E-state index in [9.17, 15) is 18.4 Å². The maximum absolute atomic E-state index is 14.1. The highest BCUT2D eigenvalue weighted by Crippen LogP contribution is 2.27. The Morgan fingerprint density at radius 1 is 0.947 bits per heavy atom. The molecule has 1 aliphatic rings. The first kappa shape index (κ1) is 25.1. The summed E-state index contributed by atoms with van der Waals surface area (Å²) in [5.74, 6) is -1.84. The molecule has 38 heavy (non-hydrogen) atoms. The highest BCUT2D eigenvalue weighted by Gasteiger charge is 2.25. The summed E-state index contributed by atoms with van der Waals surface area (Å²) in [6.45, 7) is 3.83. The number of carbonyl (C=O) groups is 2. The van der Waals surface area contributed by atoms with Gasteiger partial charge in [-0.25, -0.2) is 23.2 Å². The third kappa shape index (κ3) is 5.10. The highest BCUT2D eigenvalue weighted by molar-refractivity contribution is 5.94. The van der Waals surface area contributed by atoms with Gasteiger partial charge < -0.3 is 14.5 Å².